The molecular weight excluding hydrogens is 122 g/mol. The molecule has 0 bridgehead atoms. The Morgan fingerprint density at radius 3 is 2.70 bits per heavy atom. The van der Waals surface area contributed by atoms with Gasteiger partial charge >= 0.3 is 0 Å². The fraction of sp³-hybridized carbons (Fsp3) is 0.667. The summed E-state index contributed by atoms with van der Waals surface area (Å²) in [6.07, 6.45) is 4.24. The Morgan fingerprint density at radius 2 is 2.30 bits per heavy atom. The maximum Gasteiger partial charge on any atom is 0.0940 e. The van der Waals surface area contributed by atoms with Crippen molar-refractivity contribution in [3.63, 3.8) is 0 Å². The first-order valence-electron chi connectivity index (χ1n) is 3.77. The molecule has 0 aromatic heterocycles. The Hall–Kier alpha value is -0.770. The average molecular weight is 137 g/mol. The van der Waals surface area contributed by atoms with Crippen molar-refractivity contribution in [3.8, 4) is 6.07 Å². The number of nitrogens with zero attached hydrogens (tertiary/aromatic N) is 1. The highest BCUT2D eigenvalue weighted by Crippen LogP contribution is 2.08. The van der Waals surface area contributed by atoms with E-state index in [4.69, 9.17) is 5.26 Å². The second kappa shape index (κ2) is 5.05. The molecule has 1 heteroatoms. The molecule has 0 aliphatic rings. The summed E-state index contributed by atoms with van der Waals surface area (Å²) >= 11 is 0. The summed E-state index contributed by atoms with van der Waals surface area (Å²) in [4.78, 5) is 0. The predicted octanol–water partition coefficient (Wildman–Crippen LogP) is 2.89. The van der Waals surface area contributed by atoms with Gasteiger partial charge in [-0.1, -0.05) is 26.3 Å². The van der Waals surface area contributed by atoms with Gasteiger partial charge in [-0.25, -0.2) is 0 Å². The topological polar surface area (TPSA) is 23.8 Å². The third-order valence-corrected chi connectivity index (χ3v) is 1.70. The fourth-order valence-corrected chi connectivity index (χ4v) is 0.590. The second-order valence-electron chi connectivity index (χ2n) is 2.75. The highest BCUT2D eigenvalue weighted by Gasteiger charge is 1.94. The molecule has 1 unspecified atom stereocenters. The third-order valence-electron chi connectivity index (χ3n) is 1.70. The van der Waals surface area contributed by atoms with Gasteiger partial charge in [-0.15, -0.1) is 0 Å². The summed E-state index contributed by atoms with van der Waals surface area (Å²) in [7, 11) is 0. The van der Waals surface area contributed by atoms with Crippen molar-refractivity contribution < 1.29 is 0 Å². The van der Waals surface area contributed by atoms with E-state index in [1.165, 1.54) is 6.42 Å². The number of hydrogen-bond donors (Lipinski definition) is 0. The average Bonchev–Trinajstić information content (AvgIpc) is 1.99. The smallest absolute Gasteiger partial charge is 0.0940 e. The van der Waals surface area contributed by atoms with E-state index < -0.39 is 0 Å². The molecule has 0 spiro atoms. The van der Waals surface area contributed by atoms with Crippen molar-refractivity contribution in [2.45, 2.75) is 33.6 Å². The Kier molecular flexibility index (Phi) is 4.66. The van der Waals surface area contributed by atoms with E-state index in [9.17, 15) is 0 Å². The summed E-state index contributed by atoms with van der Waals surface area (Å²) < 4.78 is 0. The van der Waals surface area contributed by atoms with Crippen LogP contribution in [0.15, 0.2) is 11.6 Å². The summed E-state index contributed by atoms with van der Waals surface area (Å²) in [5.74, 6) is 0.711. The molecule has 10 heavy (non-hydrogen) atoms. The van der Waals surface area contributed by atoms with Crippen molar-refractivity contribution in [2.75, 3.05) is 0 Å². The van der Waals surface area contributed by atoms with E-state index in [-0.39, 0.29) is 0 Å². The lowest BCUT2D eigenvalue weighted by atomic mass is 10.0. The molecule has 0 saturated carbocycles. The van der Waals surface area contributed by atoms with Gasteiger partial charge in [0.25, 0.3) is 0 Å². The Labute approximate surface area is 63.4 Å². The van der Waals surface area contributed by atoms with Crippen LogP contribution in [0.1, 0.15) is 33.6 Å². The minimum Gasteiger partial charge on any atom is -0.193 e. The van der Waals surface area contributed by atoms with Crippen LogP contribution in [0.25, 0.3) is 0 Å². The zero-order valence-corrected chi connectivity index (χ0v) is 7.02. The summed E-state index contributed by atoms with van der Waals surface area (Å²) in [5.41, 5.74) is 0.834. The lowest BCUT2D eigenvalue weighted by Gasteiger charge is -2.01. The van der Waals surface area contributed by atoms with Crippen molar-refractivity contribution in [2.24, 2.45) is 5.92 Å². The van der Waals surface area contributed by atoms with Crippen LogP contribution in [0.3, 0.4) is 0 Å². The van der Waals surface area contributed by atoms with Gasteiger partial charge in [0, 0.05) is 5.57 Å². The van der Waals surface area contributed by atoms with Gasteiger partial charge in [-0.05, 0) is 19.3 Å². The van der Waals surface area contributed by atoms with Gasteiger partial charge in [-0.2, -0.15) is 5.26 Å². The summed E-state index contributed by atoms with van der Waals surface area (Å²) in [6.45, 7) is 6.21. The van der Waals surface area contributed by atoms with Crippen molar-refractivity contribution in [1.82, 2.24) is 0 Å². The molecule has 0 rings (SSSR count). The first-order chi connectivity index (χ1) is 4.70. The Morgan fingerprint density at radius 1 is 1.70 bits per heavy atom. The molecule has 0 radical (unpaired) electrons. The highest BCUT2D eigenvalue weighted by molar-refractivity contribution is 5.16. The fourth-order valence-electron chi connectivity index (χ4n) is 0.590. The molecule has 0 fully saturated rings. The molecule has 0 aromatic rings. The molecule has 1 atom stereocenters. The maximum atomic E-state index is 8.40. The van der Waals surface area contributed by atoms with Crippen LogP contribution in [0.4, 0.5) is 0 Å². The van der Waals surface area contributed by atoms with Crippen LogP contribution >= 0.6 is 0 Å². The van der Waals surface area contributed by atoms with E-state index in [1.54, 1.807) is 0 Å². The van der Waals surface area contributed by atoms with Gasteiger partial charge < -0.3 is 0 Å². The maximum absolute atomic E-state index is 8.40. The Balaban J connectivity index is 3.63. The molecule has 0 amide bonds. The lowest BCUT2D eigenvalue weighted by Crippen LogP contribution is -1.88. The number of nitriles is 1. The van der Waals surface area contributed by atoms with Crippen LogP contribution in [0, 0.1) is 17.2 Å². The highest BCUT2D eigenvalue weighted by atomic mass is 14.2. The molecule has 0 aliphatic heterocycles. The number of hydrogen-bond acceptors (Lipinski definition) is 1. The zero-order chi connectivity index (χ0) is 7.98. The quantitative estimate of drug-likeness (QED) is 0.549. The molecule has 1 nitrogen and oxygen atoms in total. The van der Waals surface area contributed by atoms with Gasteiger partial charge in [0.15, 0.2) is 0 Å². The molecule has 0 heterocycles. The first kappa shape index (κ1) is 9.23. The van der Waals surface area contributed by atoms with Crippen LogP contribution in [-0.4, -0.2) is 0 Å². The minimum absolute atomic E-state index is 0.711. The van der Waals surface area contributed by atoms with E-state index in [2.05, 4.69) is 19.9 Å². The Bertz CT molecular complexity index is 151. The SMILES string of the molecule is CCC(C)C/C=C(/C)C#N. The van der Waals surface area contributed by atoms with Crippen LogP contribution in [0.5, 0.6) is 0 Å². The third kappa shape index (κ3) is 4.14. The van der Waals surface area contributed by atoms with E-state index in [0.29, 0.717) is 5.92 Å². The predicted molar refractivity (Wildman–Crippen MR) is 43.4 cm³/mol. The molecule has 0 aliphatic carbocycles. The van der Waals surface area contributed by atoms with Gasteiger partial charge in [0.2, 0.25) is 0 Å². The minimum atomic E-state index is 0.711. The van der Waals surface area contributed by atoms with Crippen molar-refractivity contribution in [3.05, 3.63) is 11.6 Å². The van der Waals surface area contributed by atoms with E-state index >= 15 is 0 Å². The van der Waals surface area contributed by atoms with Gasteiger partial charge in [0.1, 0.15) is 0 Å². The van der Waals surface area contributed by atoms with Gasteiger partial charge in [-0.3, -0.25) is 0 Å². The lowest BCUT2D eigenvalue weighted by molar-refractivity contribution is 0.571. The first-order valence-corrected chi connectivity index (χ1v) is 3.77. The van der Waals surface area contributed by atoms with Crippen molar-refractivity contribution >= 4 is 0 Å². The standard InChI is InChI=1S/C9H15N/c1-4-8(2)5-6-9(3)7-10/h6,8H,4-5H2,1-3H3/b9-6-. The molecule has 0 saturated heterocycles. The normalized spacial score (nSPS) is 14.4. The van der Waals surface area contributed by atoms with E-state index in [1.807, 2.05) is 13.0 Å². The summed E-state index contributed by atoms with van der Waals surface area (Å²) in [5, 5.41) is 8.40. The van der Waals surface area contributed by atoms with Crippen molar-refractivity contribution in [1.29, 1.82) is 5.26 Å². The second-order valence-corrected chi connectivity index (χ2v) is 2.75. The number of rotatable bonds is 3. The zero-order valence-electron chi connectivity index (χ0n) is 7.02. The molecule has 0 N–H and O–H groups in total. The monoisotopic (exact) mass is 137 g/mol. The molecule has 0 aromatic carbocycles. The van der Waals surface area contributed by atoms with E-state index in [0.717, 1.165) is 12.0 Å². The molecule has 56 valence electrons. The van der Waals surface area contributed by atoms with Gasteiger partial charge in [0.05, 0.1) is 6.07 Å². The summed E-state index contributed by atoms with van der Waals surface area (Å²) in [6, 6.07) is 2.11. The molecular formula is C9H15N. The van der Waals surface area contributed by atoms with Crippen LogP contribution < -0.4 is 0 Å². The number of allylic oxidation sites excluding steroid dienone is 2. The largest absolute Gasteiger partial charge is 0.193 e. The van der Waals surface area contributed by atoms with Crippen LogP contribution in [0.2, 0.25) is 0 Å². The van der Waals surface area contributed by atoms with Crippen LogP contribution in [-0.2, 0) is 0 Å².